The van der Waals surface area contributed by atoms with Crippen LogP contribution in [0.3, 0.4) is 0 Å². The molecule has 3 aromatic carbocycles. The summed E-state index contributed by atoms with van der Waals surface area (Å²) in [6, 6.07) is 22.6. The van der Waals surface area contributed by atoms with Crippen molar-refractivity contribution in [3.05, 3.63) is 116 Å². The molecule has 0 saturated carbocycles. The van der Waals surface area contributed by atoms with Gasteiger partial charge in [-0.25, -0.2) is 14.2 Å². The van der Waals surface area contributed by atoms with Gasteiger partial charge in [0.25, 0.3) is 5.56 Å². The number of nitrogens with one attached hydrogen (secondary N) is 1. The van der Waals surface area contributed by atoms with Crippen LogP contribution in [0.4, 0.5) is 4.39 Å². The zero-order chi connectivity index (χ0) is 28.9. The minimum atomic E-state index is -0.610. The molecule has 2 heterocycles. The quantitative estimate of drug-likeness (QED) is 0.250. The van der Waals surface area contributed by atoms with Gasteiger partial charge in [0.15, 0.2) is 5.82 Å². The van der Waals surface area contributed by atoms with E-state index in [1.54, 1.807) is 35.8 Å². The van der Waals surface area contributed by atoms with Gasteiger partial charge in [0.2, 0.25) is 0 Å². The van der Waals surface area contributed by atoms with Gasteiger partial charge >= 0.3 is 57.1 Å². The Morgan fingerprint density at radius 1 is 1.02 bits per heavy atom. The van der Waals surface area contributed by atoms with Gasteiger partial charge < -0.3 is 6.16 Å². The van der Waals surface area contributed by atoms with Crippen molar-refractivity contribution in [3.63, 3.8) is 0 Å². The van der Waals surface area contributed by atoms with E-state index in [4.69, 9.17) is 14.2 Å². The van der Waals surface area contributed by atoms with Gasteiger partial charge in [0, 0.05) is 17.5 Å². The van der Waals surface area contributed by atoms with Crippen LogP contribution in [-0.4, -0.2) is 32.5 Å². The van der Waals surface area contributed by atoms with Crippen LogP contribution in [0.2, 0.25) is 0 Å². The first kappa shape index (κ1) is 31.8. The summed E-state index contributed by atoms with van der Waals surface area (Å²) in [5.41, 5.74) is 5.55. The fourth-order valence-corrected chi connectivity index (χ4v) is 4.87. The van der Waals surface area contributed by atoms with E-state index < -0.39 is 18.5 Å². The van der Waals surface area contributed by atoms with E-state index in [9.17, 15) is 14.0 Å². The number of aromatic nitrogens is 4. The van der Waals surface area contributed by atoms with Crippen LogP contribution in [0.15, 0.2) is 86.9 Å². The Morgan fingerprint density at radius 3 is 2.33 bits per heavy atom. The number of benzene rings is 3. The average Bonchev–Trinajstić information content (AvgIpc) is 3.42. The van der Waals surface area contributed by atoms with E-state index in [2.05, 4.69) is 17.1 Å². The van der Waals surface area contributed by atoms with Crippen molar-refractivity contribution in [1.29, 1.82) is 0 Å². The Morgan fingerprint density at radius 2 is 1.71 bits per heavy atom. The van der Waals surface area contributed by atoms with Crippen molar-refractivity contribution in [3.8, 4) is 34.0 Å². The molecular weight excluding hydrogens is 562 g/mol. The van der Waals surface area contributed by atoms with Crippen molar-refractivity contribution in [2.24, 2.45) is 0 Å². The molecule has 1 unspecified atom stereocenters. The number of aryl methyl sites for hydroxylation is 2. The number of rotatable bonds is 10. The van der Waals surface area contributed by atoms with Crippen LogP contribution >= 0.6 is 0 Å². The van der Waals surface area contributed by atoms with Crippen LogP contribution in [0.5, 0.6) is 5.75 Å². The van der Waals surface area contributed by atoms with Crippen LogP contribution in [0.1, 0.15) is 44.3 Å². The number of H-pyrrole nitrogens is 1. The fraction of sp³-hybridized carbons (Fsp3) is 0.250. The molecule has 212 valence electrons. The van der Waals surface area contributed by atoms with Gasteiger partial charge in [-0.05, 0) is 61.2 Å². The van der Waals surface area contributed by atoms with E-state index in [-0.39, 0.29) is 58.4 Å². The van der Waals surface area contributed by atoms with Crippen molar-refractivity contribution in [1.82, 2.24) is 19.7 Å². The van der Waals surface area contributed by atoms with Crippen LogP contribution < -0.4 is 67.4 Å². The first-order valence-corrected chi connectivity index (χ1v) is 13.6. The van der Waals surface area contributed by atoms with Gasteiger partial charge in [-0.3, -0.25) is 18.9 Å². The third-order valence-electron chi connectivity index (χ3n) is 6.83. The number of halogens is 1. The maximum atomic E-state index is 13.9. The smallest absolute Gasteiger partial charge is 1.00 e. The summed E-state index contributed by atoms with van der Waals surface area (Å²) in [6.45, 7) is 4.98. The second-order valence-electron chi connectivity index (χ2n) is 9.91. The maximum Gasteiger partial charge on any atom is 1.00 e. The normalized spacial score (nSPS) is 11.6. The summed E-state index contributed by atoms with van der Waals surface area (Å²) < 4.78 is 24.7. The van der Waals surface area contributed by atoms with Crippen molar-refractivity contribution >= 4 is 0 Å². The molecule has 0 radical (unpaired) electrons. The number of nitrogens with zero attached hydrogens (tertiary/aromatic N) is 3. The maximum absolute atomic E-state index is 13.9. The van der Waals surface area contributed by atoms with E-state index in [1.165, 1.54) is 0 Å². The van der Waals surface area contributed by atoms with Gasteiger partial charge in [0.1, 0.15) is 24.4 Å². The standard InChI is InChI=1S/C32H31FN4O4.K.H/c1-4-7-29-28(31(38)37(21(3)34-29)24-14-16-25(17-15-24)40-20(2)19-33)18-22-10-12-23(13-11-22)26-8-5-6-9-27(26)30-35-32(39)41-36-30;;/h5-6,8-17,20H,4,7,18-19H2,1-3H3,(H,35,36,39);;/q;+1;-1. The molecule has 1 N–H and O–H groups in total. The summed E-state index contributed by atoms with van der Waals surface area (Å²) in [6.07, 6.45) is 1.44. The summed E-state index contributed by atoms with van der Waals surface area (Å²) in [5.74, 6) is 0.894. The summed E-state index contributed by atoms with van der Waals surface area (Å²) >= 11 is 0. The Kier molecular flexibility index (Phi) is 10.9. The zero-order valence-corrected chi connectivity index (χ0v) is 27.3. The Bertz CT molecular complexity index is 1770. The van der Waals surface area contributed by atoms with Crippen molar-refractivity contribution in [2.75, 3.05) is 6.67 Å². The Hall–Kier alpha value is -3.15. The fourth-order valence-electron chi connectivity index (χ4n) is 4.87. The third-order valence-corrected chi connectivity index (χ3v) is 6.83. The zero-order valence-electron chi connectivity index (χ0n) is 25.2. The molecule has 0 aliphatic heterocycles. The van der Waals surface area contributed by atoms with Crippen LogP contribution in [-0.2, 0) is 12.8 Å². The number of alkyl halides is 1. The Labute approximate surface area is 286 Å². The Balaban J connectivity index is 0.00000253. The SMILES string of the molecule is CCCc1nc(C)n(-c2ccc(OC(C)CF)cc2)c(=O)c1Cc1ccc(-c2ccccc2-c2noc(=O)[nH]2)cc1.[H-].[K+]. The molecule has 0 spiro atoms. The van der Waals surface area contributed by atoms with Gasteiger partial charge in [-0.2, -0.15) is 0 Å². The largest absolute Gasteiger partial charge is 1.00 e. The predicted molar refractivity (Wildman–Crippen MR) is 157 cm³/mol. The molecule has 5 rings (SSSR count). The molecule has 42 heavy (non-hydrogen) atoms. The molecule has 5 aromatic rings. The second kappa shape index (κ2) is 14.3. The summed E-state index contributed by atoms with van der Waals surface area (Å²) in [7, 11) is 0. The van der Waals surface area contributed by atoms with Crippen molar-refractivity contribution in [2.45, 2.75) is 46.1 Å². The molecule has 8 nitrogen and oxygen atoms in total. The number of hydrogen-bond donors (Lipinski definition) is 1. The van der Waals surface area contributed by atoms with Gasteiger partial charge in [-0.1, -0.05) is 67.0 Å². The van der Waals surface area contributed by atoms with Gasteiger partial charge in [-0.15, -0.1) is 0 Å². The topological polar surface area (TPSA) is 103 Å². The number of ether oxygens (including phenoxy) is 1. The molecule has 0 amide bonds. The van der Waals surface area contributed by atoms with Crippen LogP contribution in [0, 0.1) is 6.92 Å². The van der Waals surface area contributed by atoms with Crippen molar-refractivity contribution < 1.29 is 66.5 Å². The summed E-state index contributed by atoms with van der Waals surface area (Å²) in [5, 5.41) is 3.83. The van der Waals surface area contributed by atoms with E-state index in [1.807, 2.05) is 55.5 Å². The molecule has 0 saturated heterocycles. The first-order chi connectivity index (χ1) is 19.9. The molecule has 2 aromatic heterocycles. The van der Waals surface area contributed by atoms with Gasteiger partial charge in [0.05, 0.1) is 11.4 Å². The van der Waals surface area contributed by atoms with Crippen LogP contribution in [0.25, 0.3) is 28.2 Å². The molecule has 0 fully saturated rings. The molecule has 10 heteroatoms. The van der Waals surface area contributed by atoms with E-state index in [0.29, 0.717) is 41.5 Å². The minimum Gasteiger partial charge on any atom is -1.00 e. The summed E-state index contributed by atoms with van der Waals surface area (Å²) in [4.78, 5) is 32.8. The van der Waals surface area contributed by atoms with E-state index in [0.717, 1.165) is 34.4 Å². The minimum absolute atomic E-state index is 0. The molecular formula is C32H32FKN4O4. The monoisotopic (exact) mass is 594 g/mol. The molecule has 0 aliphatic carbocycles. The number of aromatic amines is 1. The average molecular weight is 595 g/mol. The molecule has 1 atom stereocenters. The van der Waals surface area contributed by atoms with E-state index >= 15 is 0 Å². The molecule has 0 aliphatic rings. The second-order valence-corrected chi connectivity index (χ2v) is 9.91. The number of hydrogen-bond acceptors (Lipinski definition) is 6. The predicted octanol–water partition coefficient (Wildman–Crippen LogP) is 2.95. The third kappa shape index (κ3) is 7.07. The first-order valence-electron chi connectivity index (χ1n) is 13.6. The molecule has 0 bridgehead atoms.